The molecule has 7 nitrogen and oxygen atoms in total. The lowest BCUT2D eigenvalue weighted by molar-refractivity contribution is -0.136. The van der Waals surface area contributed by atoms with Gasteiger partial charge in [-0.1, -0.05) is 0 Å². The second-order valence-electron chi connectivity index (χ2n) is 5.19. The SMILES string of the molecule is COc1ccc(N2C(=O)C3CN(C)C(=O)CN3C2=O)c(F)c1. The number of imide groups is 1. The van der Waals surface area contributed by atoms with Crippen LogP contribution in [0.25, 0.3) is 0 Å². The summed E-state index contributed by atoms with van der Waals surface area (Å²) in [5.41, 5.74) is -0.139. The lowest BCUT2D eigenvalue weighted by Gasteiger charge is -2.32. The summed E-state index contributed by atoms with van der Waals surface area (Å²) in [5.74, 6) is -1.24. The highest BCUT2D eigenvalue weighted by molar-refractivity contribution is 6.22. The molecule has 22 heavy (non-hydrogen) atoms. The van der Waals surface area contributed by atoms with Crippen LogP contribution in [0.15, 0.2) is 18.2 Å². The molecule has 0 aliphatic carbocycles. The predicted octanol–water partition coefficient (Wildman–Crippen LogP) is 0.444. The third-order valence-electron chi connectivity index (χ3n) is 3.89. The van der Waals surface area contributed by atoms with Gasteiger partial charge in [-0.3, -0.25) is 9.59 Å². The standard InChI is InChI=1S/C14H14FN3O4/c1-16-6-11-13(20)18(14(21)17(11)7-12(16)19)10-4-3-8(22-2)5-9(10)15/h3-5,11H,6-7H2,1-2H3. The average molecular weight is 307 g/mol. The first-order chi connectivity index (χ1) is 10.4. The van der Waals surface area contributed by atoms with Crippen molar-refractivity contribution in [3.63, 3.8) is 0 Å². The van der Waals surface area contributed by atoms with E-state index in [1.807, 2.05) is 0 Å². The van der Waals surface area contributed by atoms with Gasteiger partial charge in [0.2, 0.25) is 5.91 Å². The molecule has 2 fully saturated rings. The molecule has 0 N–H and O–H groups in total. The van der Waals surface area contributed by atoms with Crippen LogP contribution in [0.2, 0.25) is 0 Å². The Morgan fingerprint density at radius 2 is 2.00 bits per heavy atom. The van der Waals surface area contributed by atoms with E-state index in [0.29, 0.717) is 0 Å². The number of anilines is 1. The number of carbonyl (C=O) groups is 3. The van der Waals surface area contributed by atoms with Gasteiger partial charge >= 0.3 is 6.03 Å². The lowest BCUT2D eigenvalue weighted by atomic mass is 10.2. The Morgan fingerprint density at radius 3 is 2.64 bits per heavy atom. The summed E-state index contributed by atoms with van der Waals surface area (Å²) in [5, 5.41) is 0. The molecule has 2 heterocycles. The number of amides is 4. The number of fused-ring (bicyclic) bond motifs is 1. The van der Waals surface area contributed by atoms with E-state index in [4.69, 9.17) is 4.74 Å². The molecular formula is C14H14FN3O4. The van der Waals surface area contributed by atoms with Gasteiger partial charge in [-0.05, 0) is 12.1 Å². The molecule has 8 heteroatoms. The molecule has 4 amide bonds. The Bertz CT molecular complexity index is 678. The first-order valence-electron chi connectivity index (χ1n) is 6.66. The minimum Gasteiger partial charge on any atom is -0.497 e. The maximum absolute atomic E-state index is 14.1. The topological polar surface area (TPSA) is 70.2 Å². The number of piperazine rings is 1. The Hall–Kier alpha value is -2.64. The second kappa shape index (κ2) is 4.97. The monoisotopic (exact) mass is 307 g/mol. The maximum Gasteiger partial charge on any atom is 0.332 e. The van der Waals surface area contributed by atoms with Crippen molar-refractivity contribution in [1.82, 2.24) is 9.80 Å². The van der Waals surface area contributed by atoms with E-state index in [2.05, 4.69) is 0 Å². The van der Waals surface area contributed by atoms with Gasteiger partial charge in [0.15, 0.2) is 5.82 Å². The van der Waals surface area contributed by atoms with Gasteiger partial charge < -0.3 is 14.5 Å². The number of nitrogens with zero attached hydrogens (tertiary/aromatic N) is 3. The van der Waals surface area contributed by atoms with Gasteiger partial charge in [-0.2, -0.15) is 0 Å². The summed E-state index contributed by atoms with van der Waals surface area (Å²) in [6.07, 6.45) is 0. The first-order valence-corrected chi connectivity index (χ1v) is 6.66. The number of hydrogen-bond donors (Lipinski definition) is 0. The van der Waals surface area contributed by atoms with Crippen molar-refractivity contribution in [2.75, 3.05) is 32.1 Å². The zero-order valence-corrected chi connectivity index (χ0v) is 12.1. The molecule has 0 radical (unpaired) electrons. The number of hydrogen-bond acceptors (Lipinski definition) is 4. The number of benzene rings is 1. The van der Waals surface area contributed by atoms with Crippen molar-refractivity contribution in [1.29, 1.82) is 0 Å². The quantitative estimate of drug-likeness (QED) is 0.744. The normalized spacial score (nSPS) is 21.5. The third kappa shape index (κ3) is 1.99. The van der Waals surface area contributed by atoms with Gasteiger partial charge in [-0.15, -0.1) is 0 Å². The van der Waals surface area contributed by atoms with Gasteiger partial charge in [0.25, 0.3) is 5.91 Å². The van der Waals surface area contributed by atoms with Crippen LogP contribution in [0.4, 0.5) is 14.9 Å². The zero-order valence-electron chi connectivity index (χ0n) is 12.1. The summed E-state index contributed by atoms with van der Waals surface area (Å²) in [6, 6.07) is 2.43. The maximum atomic E-state index is 14.1. The van der Waals surface area contributed by atoms with E-state index in [1.54, 1.807) is 7.05 Å². The Labute approximate surface area is 125 Å². The Morgan fingerprint density at radius 1 is 1.27 bits per heavy atom. The van der Waals surface area contributed by atoms with Gasteiger partial charge in [0.05, 0.1) is 12.8 Å². The Balaban J connectivity index is 1.97. The van der Waals surface area contributed by atoms with Crippen molar-refractivity contribution in [3.8, 4) is 5.75 Å². The second-order valence-corrected chi connectivity index (χ2v) is 5.19. The van der Waals surface area contributed by atoms with Crippen molar-refractivity contribution in [2.45, 2.75) is 6.04 Å². The average Bonchev–Trinajstić information content (AvgIpc) is 2.72. The smallest absolute Gasteiger partial charge is 0.332 e. The van der Waals surface area contributed by atoms with Crippen molar-refractivity contribution in [2.24, 2.45) is 0 Å². The van der Waals surface area contributed by atoms with Crippen LogP contribution >= 0.6 is 0 Å². The molecule has 0 saturated carbocycles. The van der Waals surface area contributed by atoms with E-state index in [-0.39, 0.29) is 30.4 Å². The van der Waals surface area contributed by atoms with Crippen LogP contribution in [-0.4, -0.2) is 60.9 Å². The van der Waals surface area contributed by atoms with Crippen LogP contribution in [0.1, 0.15) is 0 Å². The fourth-order valence-electron chi connectivity index (χ4n) is 2.64. The highest BCUT2D eigenvalue weighted by Gasteiger charge is 2.50. The molecule has 1 unspecified atom stereocenters. The molecule has 0 bridgehead atoms. The minimum absolute atomic E-state index is 0.109. The molecule has 0 spiro atoms. The summed E-state index contributed by atoms with van der Waals surface area (Å²) in [4.78, 5) is 39.9. The van der Waals surface area contributed by atoms with Crippen LogP contribution in [0, 0.1) is 5.82 Å². The van der Waals surface area contributed by atoms with E-state index in [1.165, 1.54) is 29.0 Å². The Kier molecular flexibility index (Phi) is 3.23. The first kappa shape index (κ1) is 14.3. The van der Waals surface area contributed by atoms with Gasteiger partial charge in [0.1, 0.15) is 18.3 Å². The molecule has 1 aromatic rings. The summed E-state index contributed by atoms with van der Waals surface area (Å²) < 4.78 is 19.0. The molecule has 116 valence electrons. The number of carbonyl (C=O) groups excluding carboxylic acids is 3. The summed E-state index contributed by atoms with van der Waals surface area (Å²) >= 11 is 0. The fraction of sp³-hybridized carbons (Fsp3) is 0.357. The van der Waals surface area contributed by atoms with Crippen molar-refractivity contribution >= 4 is 23.5 Å². The molecule has 3 rings (SSSR count). The molecule has 2 aliphatic rings. The predicted molar refractivity (Wildman–Crippen MR) is 74.0 cm³/mol. The van der Waals surface area contributed by atoms with Gasteiger partial charge in [-0.25, -0.2) is 14.1 Å². The van der Waals surface area contributed by atoms with Gasteiger partial charge in [0, 0.05) is 19.7 Å². The van der Waals surface area contributed by atoms with E-state index in [9.17, 15) is 18.8 Å². The van der Waals surface area contributed by atoms with Crippen LogP contribution in [0.3, 0.4) is 0 Å². The third-order valence-corrected chi connectivity index (χ3v) is 3.89. The number of urea groups is 1. The summed E-state index contributed by atoms with van der Waals surface area (Å²) in [7, 11) is 2.95. The van der Waals surface area contributed by atoms with E-state index in [0.717, 1.165) is 11.0 Å². The number of ether oxygens (including phenoxy) is 1. The number of halogens is 1. The van der Waals surface area contributed by atoms with E-state index < -0.39 is 23.8 Å². The minimum atomic E-state index is -0.767. The van der Waals surface area contributed by atoms with Crippen molar-refractivity contribution < 1.29 is 23.5 Å². The molecule has 1 aromatic carbocycles. The van der Waals surface area contributed by atoms with Crippen LogP contribution in [-0.2, 0) is 9.59 Å². The molecule has 0 aromatic heterocycles. The fourth-order valence-corrected chi connectivity index (χ4v) is 2.64. The number of rotatable bonds is 2. The lowest BCUT2D eigenvalue weighted by Crippen LogP contribution is -2.54. The molecular weight excluding hydrogens is 293 g/mol. The zero-order chi connectivity index (χ0) is 16.0. The number of methoxy groups -OCH3 is 1. The highest BCUT2D eigenvalue weighted by Crippen LogP contribution is 2.31. The van der Waals surface area contributed by atoms with Crippen molar-refractivity contribution in [3.05, 3.63) is 24.0 Å². The highest BCUT2D eigenvalue weighted by atomic mass is 19.1. The largest absolute Gasteiger partial charge is 0.497 e. The molecule has 1 atom stereocenters. The summed E-state index contributed by atoms with van der Waals surface area (Å²) in [6.45, 7) is -0.0717. The molecule has 2 saturated heterocycles. The van der Waals surface area contributed by atoms with Crippen LogP contribution in [0.5, 0.6) is 5.75 Å². The molecule has 2 aliphatic heterocycles. The van der Waals surface area contributed by atoms with E-state index >= 15 is 0 Å². The van der Waals surface area contributed by atoms with Crippen LogP contribution < -0.4 is 9.64 Å². The number of likely N-dealkylation sites (N-methyl/N-ethyl adjacent to an activating group) is 1.